The van der Waals surface area contributed by atoms with Gasteiger partial charge in [0.1, 0.15) is 19.0 Å². The first-order chi connectivity index (χ1) is 11.1. The van der Waals surface area contributed by atoms with Crippen LogP contribution in [0.4, 0.5) is 16.2 Å². The van der Waals surface area contributed by atoms with Crippen LogP contribution < -0.4 is 15.1 Å². The molecular formula is C15H18N4O4. The SMILES string of the molecule is CC(=O)NC[C@H]1CN(c2ccc(N3C=NOCC3)cc2)C(=O)O1. The van der Waals surface area contributed by atoms with Crippen LogP contribution in [0.15, 0.2) is 29.4 Å². The molecule has 0 unspecified atom stereocenters. The zero-order valence-electron chi connectivity index (χ0n) is 12.8. The largest absolute Gasteiger partial charge is 0.442 e. The Bertz CT molecular complexity index is 616. The van der Waals surface area contributed by atoms with Crippen molar-refractivity contribution in [1.29, 1.82) is 0 Å². The molecule has 1 aromatic rings. The Kier molecular flexibility index (Phi) is 4.31. The number of nitrogens with one attached hydrogen (secondary N) is 1. The Balaban J connectivity index is 1.65. The molecule has 1 fully saturated rings. The molecule has 8 nitrogen and oxygen atoms in total. The molecular weight excluding hydrogens is 300 g/mol. The minimum atomic E-state index is -0.402. The van der Waals surface area contributed by atoms with E-state index in [1.54, 1.807) is 11.2 Å². The maximum absolute atomic E-state index is 12.0. The van der Waals surface area contributed by atoms with E-state index >= 15 is 0 Å². The minimum Gasteiger partial charge on any atom is -0.442 e. The molecule has 0 aromatic heterocycles. The molecule has 0 saturated carbocycles. The van der Waals surface area contributed by atoms with E-state index in [1.807, 2.05) is 29.2 Å². The lowest BCUT2D eigenvalue weighted by Gasteiger charge is -2.22. The normalized spacial score (nSPS) is 20.2. The van der Waals surface area contributed by atoms with Crippen molar-refractivity contribution in [3.63, 3.8) is 0 Å². The maximum Gasteiger partial charge on any atom is 0.414 e. The molecule has 1 saturated heterocycles. The van der Waals surface area contributed by atoms with Gasteiger partial charge in [0.05, 0.1) is 19.6 Å². The number of nitrogens with zero attached hydrogens (tertiary/aromatic N) is 3. The molecule has 0 aliphatic carbocycles. The number of ether oxygens (including phenoxy) is 1. The number of amides is 2. The Hall–Kier alpha value is -2.77. The molecule has 8 heteroatoms. The Labute approximate surface area is 133 Å². The third-order valence-corrected chi connectivity index (χ3v) is 3.63. The van der Waals surface area contributed by atoms with Crippen molar-refractivity contribution in [3.8, 4) is 0 Å². The minimum absolute atomic E-state index is 0.143. The fourth-order valence-electron chi connectivity index (χ4n) is 2.46. The van der Waals surface area contributed by atoms with Gasteiger partial charge in [-0.15, -0.1) is 0 Å². The van der Waals surface area contributed by atoms with Crippen LogP contribution in [0.3, 0.4) is 0 Å². The summed E-state index contributed by atoms with van der Waals surface area (Å²) in [5, 5.41) is 6.43. The van der Waals surface area contributed by atoms with Crippen LogP contribution in [0.2, 0.25) is 0 Å². The summed E-state index contributed by atoms with van der Waals surface area (Å²) >= 11 is 0. The second-order valence-corrected chi connectivity index (χ2v) is 5.32. The average Bonchev–Trinajstić information content (AvgIpc) is 2.95. The highest BCUT2D eigenvalue weighted by atomic mass is 16.6. The molecule has 1 aromatic carbocycles. The molecule has 1 N–H and O–H groups in total. The topological polar surface area (TPSA) is 83.5 Å². The van der Waals surface area contributed by atoms with E-state index in [1.165, 1.54) is 6.92 Å². The van der Waals surface area contributed by atoms with Gasteiger partial charge in [-0.25, -0.2) is 4.79 Å². The second-order valence-electron chi connectivity index (χ2n) is 5.32. The van der Waals surface area contributed by atoms with Crippen molar-refractivity contribution in [2.75, 3.05) is 36.0 Å². The molecule has 3 rings (SSSR count). The van der Waals surface area contributed by atoms with E-state index in [0.717, 1.165) is 17.9 Å². The zero-order valence-corrected chi connectivity index (χ0v) is 12.8. The van der Waals surface area contributed by atoms with Gasteiger partial charge >= 0.3 is 6.09 Å². The van der Waals surface area contributed by atoms with Crippen LogP contribution in [0.1, 0.15) is 6.92 Å². The summed E-state index contributed by atoms with van der Waals surface area (Å²) in [5.74, 6) is -0.143. The molecule has 2 amide bonds. The highest BCUT2D eigenvalue weighted by molar-refractivity contribution is 5.90. The number of oxime groups is 1. The van der Waals surface area contributed by atoms with Gasteiger partial charge in [0.2, 0.25) is 5.91 Å². The van der Waals surface area contributed by atoms with Crippen LogP contribution in [0.5, 0.6) is 0 Å². The number of hydrogen-bond acceptors (Lipinski definition) is 6. The summed E-state index contributed by atoms with van der Waals surface area (Å²) in [6.45, 7) is 3.44. The molecule has 0 bridgehead atoms. The monoisotopic (exact) mass is 318 g/mol. The van der Waals surface area contributed by atoms with Crippen LogP contribution in [0.25, 0.3) is 0 Å². The smallest absolute Gasteiger partial charge is 0.414 e. The Morgan fingerprint density at radius 3 is 2.74 bits per heavy atom. The summed E-state index contributed by atoms with van der Waals surface area (Å²) in [5.41, 5.74) is 1.73. The van der Waals surface area contributed by atoms with Crippen molar-refractivity contribution in [2.24, 2.45) is 5.16 Å². The molecule has 0 radical (unpaired) electrons. The van der Waals surface area contributed by atoms with Crippen LogP contribution in [-0.4, -0.2) is 50.7 Å². The Morgan fingerprint density at radius 1 is 1.35 bits per heavy atom. The number of hydrogen-bond donors (Lipinski definition) is 1. The first kappa shape index (κ1) is 15.1. The standard InChI is InChI=1S/C15H18N4O4/c1-11(20)16-8-14-9-19(15(21)23-14)13-4-2-12(3-5-13)18-6-7-22-17-10-18/h2-5,10,14H,6-9H2,1H3,(H,16,20)/t14-/m0/s1. The molecule has 2 heterocycles. The van der Waals surface area contributed by atoms with Crippen LogP contribution >= 0.6 is 0 Å². The van der Waals surface area contributed by atoms with Gasteiger partial charge in [0, 0.05) is 18.3 Å². The quantitative estimate of drug-likeness (QED) is 0.893. The predicted octanol–water partition coefficient (Wildman–Crippen LogP) is 0.928. The Morgan fingerprint density at radius 2 is 2.09 bits per heavy atom. The van der Waals surface area contributed by atoms with E-state index in [9.17, 15) is 9.59 Å². The van der Waals surface area contributed by atoms with E-state index < -0.39 is 6.09 Å². The van der Waals surface area contributed by atoms with Gasteiger partial charge in [-0.3, -0.25) is 9.69 Å². The van der Waals surface area contributed by atoms with Crippen molar-refractivity contribution >= 4 is 29.7 Å². The summed E-state index contributed by atoms with van der Waals surface area (Å²) in [6.07, 6.45) is 0.894. The molecule has 0 spiro atoms. The van der Waals surface area contributed by atoms with E-state index in [2.05, 4.69) is 10.5 Å². The van der Waals surface area contributed by atoms with Gasteiger partial charge in [-0.1, -0.05) is 5.16 Å². The van der Waals surface area contributed by atoms with E-state index in [0.29, 0.717) is 19.7 Å². The van der Waals surface area contributed by atoms with Gasteiger partial charge in [0.15, 0.2) is 0 Å². The lowest BCUT2D eigenvalue weighted by Crippen LogP contribution is -2.33. The average molecular weight is 318 g/mol. The first-order valence-electron chi connectivity index (χ1n) is 7.38. The number of cyclic esters (lactones) is 1. The lowest BCUT2D eigenvalue weighted by molar-refractivity contribution is -0.119. The number of rotatable bonds is 4. The molecule has 2 aliphatic heterocycles. The summed E-state index contributed by atoms with van der Waals surface area (Å²) in [7, 11) is 0. The highest BCUT2D eigenvalue weighted by Crippen LogP contribution is 2.24. The van der Waals surface area contributed by atoms with Crippen LogP contribution in [-0.2, 0) is 14.4 Å². The number of anilines is 2. The lowest BCUT2D eigenvalue weighted by atomic mass is 10.2. The van der Waals surface area contributed by atoms with Gasteiger partial charge in [0.25, 0.3) is 0 Å². The third kappa shape index (κ3) is 3.53. The second kappa shape index (κ2) is 6.55. The summed E-state index contributed by atoms with van der Waals surface area (Å²) in [6, 6.07) is 7.56. The van der Waals surface area contributed by atoms with Gasteiger partial charge in [-0.2, -0.15) is 0 Å². The van der Waals surface area contributed by atoms with Crippen molar-refractivity contribution in [1.82, 2.24) is 5.32 Å². The maximum atomic E-state index is 12.0. The van der Waals surface area contributed by atoms with Gasteiger partial charge < -0.3 is 19.8 Å². The fraction of sp³-hybridized carbons (Fsp3) is 0.400. The molecule has 1 atom stereocenters. The highest BCUT2D eigenvalue weighted by Gasteiger charge is 2.32. The predicted molar refractivity (Wildman–Crippen MR) is 84.5 cm³/mol. The third-order valence-electron chi connectivity index (χ3n) is 3.63. The van der Waals surface area contributed by atoms with Crippen LogP contribution in [0, 0.1) is 0 Å². The summed E-state index contributed by atoms with van der Waals surface area (Å²) < 4.78 is 5.25. The number of carbonyl (C=O) groups excluding carboxylic acids is 2. The van der Waals surface area contributed by atoms with E-state index in [-0.39, 0.29) is 12.0 Å². The van der Waals surface area contributed by atoms with Gasteiger partial charge in [-0.05, 0) is 24.3 Å². The molecule has 2 aliphatic rings. The molecule has 122 valence electrons. The number of benzene rings is 1. The fourth-order valence-corrected chi connectivity index (χ4v) is 2.46. The van der Waals surface area contributed by atoms with Crippen molar-refractivity contribution in [3.05, 3.63) is 24.3 Å². The van der Waals surface area contributed by atoms with Crippen molar-refractivity contribution in [2.45, 2.75) is 13.0 Å². The van der Waals surface area contributed by atoms with Crippen molar-refractivity contribution < 1.29 is 19.2 Å². The zero-order chi connectivity index (χ0) is 16.2. The number of carbonyl (C=O) groups is 2. The summed E-state index contributed by atoms with van der Waals surface area (Å²) in [4.78, 5) is 31.3. The van der Waals surface area contributed by atoms with E-state index in [4.69, 9.17) is 9.57 Å². The first-order valence-corrected chi connectivity index (χ1v) is 7.38. The molecule has 23 heavy (non-hydrogen) atoms.